The molecule has 0 radical (unpaired) electrons. The van der Waals surface area contributed by atoms with Crippen LogP contribution >= 0.6 is 7.44 Å². The van der Waals surface area contributed by atoms with Crippen LogP contribution in [-0.2, 0) is 4.57 Å². The molecule has 8 aromatic carbocycles. The largest absolute Gasteiger partial charge is 0.309 e. The first-order valence-electron chi connectivity index (χ1n) is 19.6. The van der Waals surface area contributed by atoms with E-state index in [1.165, 1.54) is 5.39 Å². The van der Waals surface area contributed by atoms with Gasteiger partial charge in [0.15, 0.2) is 11.6 Å². The monoisotopic (exact) mass is 778 g/mol. The lowest BCUT2D eigenvalue weighted by Gasteiger charge is -2.32. The van der Waals surface area contributed by atoms with Gasteiger partial charge in [0.25, 0.3) is 0 Å². The summed E-state index contributed by atoms with van der Waals surface area (Å²) in [5.74, 6) is 1.28. The number of hydrogen-bond donors (Lipinski definition) is 0. The lowest BCUT2D eigenvalue weighted by Crippen LogP contribution is -2.27. The summed E-state index contributed by atoms with van der Waals surface area (Å²) >= 11 is 0. The van der Waals surface area contributed by atoms with Crippen LogP contribution in [0.15, 0.2) is 212 Å². The number of hydrogen-bond acceptors (Lipinski definition) is 4. The first-order chi connectivity index (χ1) is 29.1. The quantitative estimate of drug-likeness (QED) is 0.150. The predicted octanol–water partition coefficient (Wildman–Crippen LogP) is 12.8. The fourth-order valence-corrected chi connectivity index (χ4v) is 11.2. The van der Waals surface area contributed by atoms with Gasteiger partial charge in [-0.2, -0.15) is 9.97 Å². The second-order valence-electron chi connectivity index (χ2n) is 14.5. The number of para-hydroxylation sites is 3. The van der Waals surface area contributed by atoms with Crippen molar-refractivity contribution in [2.45, 2.75) is 0 Å². The van der Waals surface area contributed by atoms with E-state index in [0.717, 1.165) is 61.4 Å². The fourth-order valence-electron chi connectivity index (χ4n) is 8.28. The van der Waals surface area contributed by atoms with Crippen LogP contribution in [0.25, 0.3) is 61.4 Å². The Morgan fingerprint density at radius 3 is 1.53 bits per heavy atom. The van der Waals surface area contributed by atoms with Gasteiger partial charge in [0, 0.05) is 33.3 Å². The molecule has 1 aliphatic rings. The maximum atomic E-state index is 16.7. The van der Waals surface area contributed by atoms with Crippen molar-refractivity contribution in [3.8, 4) is 39.6 Å². The standard InChI is InChI=1S/C51H35N6OP/c58-59(42-26-14-5-15-27-42)56(41-24-12-4-13-25-41)47-33-31-39(38-30-32-46-44(34-38)43-28-16-17-29-45(43)55(46)40-22-10-3-11-23-40)35-48(47)57(59)51-53-49(36-18-6-1-7-19-36)52-50(54-51)37-20-8-2-9-21-37/h1-35H. The van der Waals surface area contributed by atoms with Crippen molar-refractivity contribution in [2.75, 3.05) is 9.34 Å². The predicted molar refractivity (Wildman–Crippen MR) is 241 cm³/mol. The molecule has 1 unspecified atom stereocenters. The van der Waals surface area contributed by atoms with Crippen molar-refractivity contribution in [2.24, 2.45) is 0 Å². The minimum atomic E-state index is -3.79. The van der Waals surface area contributed by atoms with Gasteiger partial charge in [-0.1, -0.05) is 146 Å². The third-order valence-corrected chi connectivity index (χ3v) is 13.9. The van der Waals surface area contributed by atoms with E-state index in [9.17, 15) is 0 Å². The molecule has 10 aromatic rings. The summed E-state index contributed by atoms with van der Waals surface area (Å²) in [5, 5.41) is 2.98. The first kappa shape index (κ1) is 34.6. The number of nitrogens with zero attached hydrogens (tertiary/aromatic N) is 6. The van der Waals surface area contributed by atoms with Crippen molar-refractivity contribution in [3.63, 3.8) is 0 Å². The Bertz CT molecular complexity index is 3140. The molecule has 8 heteroatoms. The Labute approximate surface area is 341 Å². The molecular formula is C51H35N6OP. The molecule has 1 atom stereocenters. The number of rotatable bonds is 7. The second-order valence-corrected chi connectivity index (χ2v) is 16.9. The van der Waals surface area contributed by atoms with E-state index in [4.69, 9.17) is 15.0 Å². The second kappa shape index (κ2) is 14.1. The Balaban J connectivity index is 1.17. The van der Waals surface area contributed by atoms with E-state index in [-0.39, 0.29) is 0 Å². The van der Waals surface area contributed by atoms with E-state index in [1.807, 2.05) is 137 Å². The van der Waals surface area contributed by atoms with Gasteiger partial charge < -0.3 is 4.57 Å². The van der Waals surface area contributed by atoms with Gasteiger partial charge in [0.1, 0.15) is 0 Å². The van der Waals surface area contributed by atoms with Crippen molar-refractivity contribution in [1.29, 1.82) is 0 Å². The van der Waals surface area contributed by atoms with Gasteiger partial charge >= 0.3 is 7.44 Å². The highest BCUT2D eigenvalue weighted by Gasteiger charge is 2.50. The molecule has 0 fully saturated rings. The van der Waals surface area contributed by atoms with Gasteiger partial charge in [-0.05, 0) is 77.9 Å². The summed E-state index contributed by atoms with van der Waals surface area (Å²) in [7, 11) is -3.79. The van der Waals surface area contributed by atoms with Crippen LogP contribution in [0.4, 0.5) is 23.0 Å². The van der Waals surface area contributed by atoms with E-state index >= 15 is 4.57 Å². The van der Waals surface area contributed by atoms with Crippen LogP contribution in [0.5, 0.6) is 0 Å². The van der Waals surface area contributed by atoms with Crippen molar-refractivity contribution >= 4 is 57.6 Å². The van der Waals surface area contributed by atoms with Gasteiger partial charge in [0.2, 0.25) is 5.95 Å². The van der Waals surface area contributed by atoms with Crippen LogP contribution in [0, 0.1) is 0 Å². The number of benzene rings is 8. The average Bonchev–Trinajstić information content (AvgIpc) is 3.79. The zero-order valence-corrected chi connectivity index (χ0v) is 32.6. The van der Waals surface area contributed by atoms with Crippen LogP contribution in [-0.4, -0.2) is 19.5 Å². The first-order valence-corrected chi connectivity index (χ1v) is 21.2. The number of fused-ring (bicyclic) bond motifs is 4. The molecule has 59 heavy (non-hydrogen) atoms. The smallest absolute Gasteiger partial charge is 0.304 e. The molecule has 1 aliphatic heterocycles. The summed E-state index contributed by atoms with van der Waals surface area (Å²) in [5.41, 5.74) is 9.37. The fraction of sp³-hybridized carbons (Fsp3) is 0. The van der Waals surface area contributed by atoms with E-state index in [0.29, 0.717) is 22.9 Å². The summed E-state index contributed by atoms with van der Waals surface area (Å²) in [4.78, 5) is 15.3. The molecular weight excluding hydrogens is 744 g/mol. The SMILES string of the molecule is O=P1(c2ccccc2)N(c2ccccc2)c2ccc(-c3ccc4c(c3)c3ccccc3n4-c3ccccc3)cc2N1c1nc(-c2ccccc2)nc(-c2ccccc2)n1. The van der Waals surface area contributed by atoms with E-state index in [2.05, 4.69) is 89.5 Å². The molecule has 2 aromatic heterocycles. The highest BCUT2D eigenvalue weighted by Crippen LogP contribution is 2.70. The number of aromatic nitrogens is 4. The molecule has 3 heterocycles. The Kier molecular flexibility index (Phi) is 8.28. The van der Waals surface area contributed by atoms with Gasteiger partial charge in [-0.15, -0.1) is 0 Å². The lowest BCUT2D eigenvalue weighted by atomic mass is 10.0. The third-order valence-electron chi connectivity index (χ3n) is 11.0. The Hall–Kier alpha value is -7.60. The highest BCUT2D eigenvalue weighted by molar-refractivity contribution is 7.76. The number of anilines is 4. The molecule has 0 N–H and O–H groups in total. The molecule has 11 rings (SSSR count). The highest BCUT2D eigenvalue weighted by atomic mass is 31.2. The third kappa shape index (κ3) is 5.74. The normalized spacial score (nSPS) is 14.8. The Morgan fingerprint density at radius 2 is 0.881 bits per heavy atom. The molecule has 0 saturated carbocycles. The zero-order valence-electron chi connectivity index (χ0n) is 31.7. The molecule has 0 bridgehead atoms. The minimum Gasteiger partial charge on any atom is -0.309 e. The molecule has 0 aliphatic carbocycles. The zero-order chi connectivity index (χ0) is 39.3. The van der Waals surface area contributed by atoms with Crippen LogP contribution in [0.1, 0.15) is 0 Å². The van der Waals surface area contributed by atoms with Crippen LogP contribution < -0.4 is 14.6 Å². The molecule has 0 saturated heterocycles. The Morgan fingerprint density at radius 1 is 0.373 bits per heavy atom. The van der Waals surface area contributed by atoms with Crippen LogP contribution in [0.2, 0.25) is 0 Å². The van der Waals surface area contributed by atoms with Crippen molar-refractivity contribution in [1.82, 2.24) is 19.5 Å². The van der Waals surface area contributed by atoms with Crippen molar-refractivity contribution in [3.05, 3.63) is 212 Å². The van der Waals surface area contributed by atoms with E-state index in [1.54, 1.807) is 0 Å². The molecule has 280 valence electrons. The molecule has 7 nitrogen and oxygen atoms in total. The van der Waals surface area contributed by atoms with Gasteiger partial charge in [-0.25, -0.2) is 9.65 Å². The molecule has 0 spiro atoms. The summed E-state index contributed by atoms with van der Waals surface area (Å²) in [6.45, 7) is 0. The average molecular weight is 779 g/mol. The van der Waals surface area contributed by atoms with Gasteiger partial charge in [-0.3, -0.25) is 9.24 Å². The summed E-state index contributed by atoms with van der Waals surface area (Å²) < 4.78 is 22.9. The van der Waals surface area contributed by atoms with Crippen LogP contribution in [0.3, 0.4) is 0 Å². The topological polar surface area (TPSA) is 67.2 Å². The lowest BCUT2D eigenvalue weighted by molar-refractivity contribution is 0.582. The maximum Gasteiger partial charge on any atom is 0.304 e. The summed E-state index contributed by atoms with van der Waals surface area (Å²) in [6, 6.07) is 71.5. The van der Waals surface area contributed by atoms with E-state index < -0.39 is 7.44 Å². The molecule has 0 amide bonds. The van der Waals surface area contributed by atoms with Gasteiger partial charge in [0.05, 0.1) is 27.7 Å². The maximum absolute atomic E-state index is 16.7. The minimum absolute atomic E-state index is 0.295. The van der Waals surface area contributed by atoms with Crippen molar-refractivity contribution < 1.29 is 4.57 Å². The summed E-state index contributed by atoms with van der Waals surface area (Å²) in [6.07, 6.45) is 0.